The Morgan fingerprint density at radius 2 is 1.80 bits per heavy atom. The number of carbonyl (C=O) groups is 2. The minimum Gasteiger partial charge on any atom is -0.457 e. The van der Waals surface area contributed by atoms with Crippen LogP contribution in [0.4, 0.5) is 0 Å². The van der Waals surface area contributed by atoms with Crippen LogP contribution in [0.2, 0.25) is 0 Å². The van der Waals surface area contributed by atoms with E-state index in [9.17, 15) is 9.59 Å². The molecule has 7 heteroatoms. The minimum atomic E-state index is -0.569. The van der Waals surface area contributed by atoms with Gasteiger partial charge in [-0.25, -0.2) is 0 Å². The molecule has 1 heterocycles. The molecule has 6 nitrogen and oxygen atoms in total. The number of unbranched alkanes of at least 4 members (excludes halogenated alkanes) is 1. The van der Waals surface area contributed by atoms with Crippen LogP contribution in [0.5, 0.6) is 11.5 Å². The number of hydrogen-bond acceptors (Lipinski definition) is 5. The van der Waals surface area contributed by atoms with E-state index >= 15 is 0 Å². The van der Waals surface area contributed by atoms with Gasteiger partial charge in [-0.05, 0) is 42.7 Å². The van der Waals surface area contributed by atoms with E-state index in [0.29, 0.717) is 5.75 Å². The molecule has 1 saturated heterocycles. The number of amides is 1. The number of Topliss-reactive ketones (excluding diaryl/α,β-unsaturated/α-hetero) is 1. The quantitative estimate of drug-likeness (QED) is 0.448. The van der Waals surface area contributed by atoms with E-state index in [0.717, 1.165) is 49.3 Å². The third-order valence-corrected chi connectivity index (χ3v) is 7.72. The maximum absolute atomic E-state index is 14.0. The number of nitrogens with one attached hydrogen (secondary N) is 1. The van der Waals surface area contributed by atoms with Gasteiger partial charge >= 0.3 is 0 Å². The fourth-order valence-electron chi connectivity index (χ4n) is 4.61. The number of hydrogen-bond donors (Lipinski definition) is 1. The zero-order valence-corrected chi connectivity index (χ0v) is 22.1. The second-order valence-electron chi connectivity index (χ2n) is 9.12. The molecule has 4 atom stereocenters. The molecule has 0 spiro atoms. The zero-order chi connectivity index (χ0) is 24.5. The van der Waals surface area contributed by atoms with Crippen molar-refractivity contribution in [2.75, 3.05) is 26.4 Å². The molecule has 0 aliphatic carbocycles. The lowest BCUT2D eigenvalue weighted by molar-refractivity contribution is -0.137. The van der Waals surface area contributed by atoms with Crippen molar-refractivity contribution in [1.29, 1.82) is 0 Å². The standard InChI is InChI=1S/C28H38N2O3S.H2O/c1-5-7-12-20(6-2)26(31)25(27-29-17-18-34-27)24(28(32)30(3)4)21-13-11-16-23(19-21)33-22-14-9-8-10-15-22;/h8-11,13-16,19-20,24-25,27,29H,5-7,12,17-18H2,1-4H3;1H2. The van der Waals surface area contributed by atoms with Crippen molar-refractivity contribution in [3.8, 4) is 11.5 Å². The summed E-state index contributed by atoms with van der Waals surface area (Å²) in [4.78, 5) is 29.3. The summed E-state index contributed by atoms with van der Waals surface area (Å²) < 4.78 is 6.07. The SMILES string of the molecule is CCCCC(CC)C(=O)C(C1NCCS1)C(C(=O)N(C)C)c1cccc(Oc2ccccc2)c1.O. The molecular formula is C28H40N2O4S. The summed E-state index contributed by atoms with van der Waals surface area (Å²) >= 11 is 1.76. The normalized spacial score (nSPS) is 17.7. The molecule has 1 aliphatic rings. The molecule has 3 N–H and O–H groups in total. The van der Waals surface area contributed by atoms with Crippen LogP contribution < -0.4 is 10.1 Å². The van der Waals surface area contributed by atoms with Gasteiger partial charge in [-0.3, -0.25) is 9.59 Å². The number of rotatable bonds is 12. The predicted molar refractivity (Wildman–Crippen MR) is 144 cm³/mol. The molecule has 1 amide bonds. The van der Waals surface area contributed by atoms with E-state index in [2.05, 4.69) is 19.2 Å². The molecule has 2 aromatic carbocycles. The van der Waals surface area contributed by atoms with Crippen molar-refractivity contribution < 1.29 is 19.8 Å². The molecule has 4 unspecified atom stereocenters. The maximum Gasteiger partial charge on any atom is 0.230 e. The first-order valence-electron chi connectivity index (χ1n) is 12.4. The Bertz CT molecular complexity index is 932. The van der Waals surface area contributed by atoms with Gasteiger partial charge in [0.05, 0.1) is 17.2 Å². The molecule has 0 radical (unpaired) electrons. The third kappa shape index (κ3) is 7.56. The number of thioether (sulfide) groups is 1. The lowest BCUT2D eigenvalue weighted by Crippen LogP contribution is -2.45. The van der Waals surface area contributed by atoms with Gasteiger partial charge in [-0.1, -0.05) is 57.0 Å². The van der Waals surface area contributed by atoms with E-state index in [1.165, 1.54) is 0 Å². The lowest BCUT2D eigenvalue weighted by Gasteiger charge is -2.34. The second kappa shape index (κ2) is 14.3. The van der Waals surface area contributed by atoms with E-state index in [-0.39, 0.29) is 28.5 Å². The van der Waals surface area contributed by atoms with Gasteiger partial charge in [-0.15, -0.1) is 11.8 Å². The van der Waals surface area contributed by atoms with Gasteiger partial charge in [0.1, 0.15) is 17.3 Å². The highest BCUT2D eigenvalue weighted by Gasteiger charge is 2.44. The van der Waals surface area contributed by atoms with E-state index in [4.69, 9.17) is 4.74 Å². The highest BCUT2D eigenvalue weighted by atomic mass is 32.2. The van der Waals surface area contributed by atoms with Crippen molar-refractivity contribution in [3.05, 3.63) is 60.2 Å². The Morgan fingerprint density at radius 1 is 1.09 bits per heavy atom. The van der Waals surface area contributed by atoms with Gasteiger partial charge < -0.3 is 20.4 Å². The molecule has 0 aromatic heterocycles. The van der Waals surface area contributed by atoms with Crippen LogP contribution in [0.1, 0.15) is 51.0 Å². The summed E-state index contributed by atoms with van der Waals surface area (Å²) in [6.07, 6.45) is 3.76. The van der Waals surface area contributed by atoms with Crippen LogP contribution in [0.15, 0.2) is 54.6 Å². The van der Waals surface area contributed by atoms with Crippen LogP contribution in [0, 0.1) is 11.8 Å². The van der Waals surface area contributed by atoms with E-state index in [1.54, 1.807) is 30.8 Å². The number of carbonyl (C=O) groups excluding carboxylic acids is 2. The number of ketones is 1. The molecule has 2 aromatic rings. The van der Waals surface area contributed by atoms with Crippen molar-refractivity contribution in [3.63, 3.8) is 0 Å². The first kappa shape index (κ1) is 28.9. The number of para-hydroxylation sites is 1. The van der Waals surface area contributed by atoms with Crippen LogP contribution in [-0.2, 0) is 9.59 Å². The Morgan fingerprint density at radius 3 is 2.40 bits per heavy atom. The highest BCUT2D eigenvalue weighted by molar-refractivity contribution is 8.00. The summed E-state index contributed by atoms with van der Waals surface area (Å²) in [5.41, 5.74) is 0.824. The lowest BCUT2D eigenvalue weighted by atomic mass is 9.76. The van der Waals surface area contributed by atoms with Crippen LogP contribution in [0.3, 0.4) is 0 Å². The summed E-state index contributed by atoms with van der Waals surface area (Å²) in [5.74, 6) is 1.47. The molecule has 1 aliphatic heterocycles. The maximum atomic E-state index is 14.0. The van der Waals surface area contributed by atoms with Gasteiger partial charge in [0.25, 0.3) is 0 Å². The predicted octanol–water partition coefficient (Wildman–Crippen LogP) is 4.89. The average molecular weight is 501 g/mol. The van der Waals surface area contributed by atoms with Crippen molar-refractivity contribution in [2.45, 2.75) is 50.8 Å². The average Bonchev–Trinajstić information content (AvgIpc) is 3.37. The summed E-state index contributed by atoms with van der Waals surface area (Å²) in [7, 11) is 3.54. The molecule has 0 bridgehead atoms. The van der Waals surface area contributed by atoms with E-state index in [1.807, 2.05) is 54.6 Å². The minimum absolute atomic E-state index is 0. The molecule has 192 valence electrons. The van der Waals surface area contributed by atoms with Crippen LogP contribution >= 0.6 is 11.8 Å². The Hall–Kier alpha value is -2.35. The fourth-order valence-corrected chi connectivity index (χ4v) is 5.84. The summed E-state index contributed by atoms with van der Waals surface area (Å²) in [6.45, 7) is 5.09. The first-order chi connectivity index (χ1) is 16.5. The smallest absolute Gasteiger partial charge is 0.230 e. The Labute approximate surface area is 214 Å². The summed E-state index contributed by atoms with van der Waals surface area (Å²) in [6, 6.07) is 17.3. The molecule has 1 fully saturated rings. The van der Waals surface area contributed by atoms with Crippen molar-refractivity contribution >= 4 is 23.5 Å². The highest BCUT2D eigenvalue weighted by Crippen LogP contribution is 2.39. The Kier molecular flexibility index (Phi) is 11.8. The number of likely N-dealkylation sites (N-methyl/N-ethyl adjacent to an activating group) is 1. The van der Waals surface area contributed by atoms with Gasteiger partial charge in [0.15, 0.2) is 0 Å². The van der Waals surface area contributed by atoms with Crippen LogP contribution in [-0.4, -0.2) is 53.8 Å². The second-order valence-corrected chi connectivity index (χ2v) is 10.4. The number of benzene rings is 2. The molecule has 35 heavy (non-hydrogen) atoms. The monoisotopic (exact) mass is 500 g/mol. The van der Waals surface area contributed by atoms with Gasteiger partial charge in [-0.2, -0.15) is 0 Å². The molecule has 3 rings (SSSR count). The van der Waals surface area contributed by atoms with Crippen molar-refractivity contribution in [1.82, 2.24) is 10.2 Å². The summed E-state index contributed by atoms with van der Waals surface area (Å²) in [5, 5.41) is 3.44. The fraction of sp³-hybridized carbons (Fsp3) is 0.500. The van der Waals surface area contributed by atoms with Gasteiger partial charge in [0.2, 0.25) is 5.91 Å². The van der Waals surface area contributed by atoms with Crippen LogP contribution in [0.25, 0.3) is 0 Å². The van der Waals surface area contributed by atoms with Gasteiger partial charge in [0, 0.05) is 32.3 Å². The van der Waals surface area contributed by atoms with E-state index < -0.39 is 11.8 Å². The molecule has 0 saturated carbocycles. The Balaban J connectivity index is 0.00000432. The number of nitrogens with zero attached hydrogens (tertiary/aromatic N) is 1. The molecular weight excluding hydrogens is 460 g/mol. The first-order valence-corrected chi connectivity index (χ1v) is 13.4. The zero-order valence-electron chi connectivity index (χ0n) is 21.3. The largest absolute Gasteiger partial charge is 0.457 e. The van der Waals surface area contributed by atoms with Crippen molar-refractivity contribution in [2.24, 2.45) is 11.8 Å². The number of ether oxygens (including phenoxy) is 1. The third-order valence-electron chi connectivity index (χ3n) is 6.46. The topological polar surface area (TPSA) is 90.1 Å².